The largest absolute Gasteiger partial charge is 0.497 e. The average Bonchev–Trinajstić information content (AvgIpc) is 2.49. The first-order valence-corrected chi connectivity index (χ1v) is 7.48. The highest BCUT2D eigenvalue weighted by molar-refractivity contribution is 5.28. The third kappa shape index (κ3) is 4.18. The zero-order valence-corrected chi connectivity index (χ0v) is 12.5. The molecule has 1 aromatic rings. The van der Waals surface area contributed by atoms with Crippen molar-refractivity contribution in [3.8, 4) is 5.75 Å². The van der Waals surface area contributed by atoms with E-state index >= 15 is 0 Å². The van der Waals surface area contributed by atoms with Crippen molar-refractivity contribution >= 4 is 0 Å². The van der Waals surface area contributed by atoms with Gasteiger partial charge in [0.25, 0.3) is 0 Å². The van der Waals surface area contributed by atoms with Gasteiger partial charge in [-0.2, -0.15) is 0 Å². The molecule has 1 aliphatic heterocycles. The maximum absolute atomic E-state index is 14.0. The molecule has 4 heteroatoms. The summed E-state index contributed by atoms with van der Waals surface area (Å²) in [5.74, 6) is 1.14. The highest BCUT2D eigenvalue weighted by Gasteiger charge is 2.17. The van der Waals surface area contributed by atoms with Crippen molar-refractivity contribution in [3.63, 3.8) is 0 Å². The Morgan fingerprint density at radius 2 is 2.10 bits per heavy atom. The summed E-state index contributed by atoms with van der Waals surface area (Å²) in [5, 5.41) is 3.39. The van der Waals surface area contributed by atoms with E-state index < -0.39 is 0 Å². The molecular formula is C16H25FN2O. The Labute approximate surface area is 121 Å². The van der Waals surface area contributed by atoms with Crippen molar-refractivity contribution in [3.05, 3.63) is 29.6 Å². The van der Waals surface area contributed by atoms with E-state index in [2.05, 4.69) is 17.1 Å². The van der Waals surface area contributed by atoms with Crippen molar-refractivity contribution in [2.75, 3.05) is 33.3 Å². The number of hydrogen-bond acceptors (Lipinski definition) is 3. The van der Waals surface area contributed by atoms with E-state index in [1.807, 2.05) is 12.1 Å². The second kappa shape index (κ2) is 7.60. The summed E-state index contributed by atoms with van der Waals surface area (Å²) in [5.41, 5.74) is 0.751. The number of rotatable bonds is 6. The summed E-state index contributed by atoms with van der Waals surface area (Å²) in [6.07, 6.45) is 2.45. The summed E-state index contributed by atoms with van der Waals surface area (Å²) in [6, 6.07) is 5.13. The van der Waals surface area contributed by atoms with Crippen LogP contribution in [0.15, 0.2) is 18.2 Å². The molecule has 20 heavy (non-hydrogen) atoms. The molecule has 0 bridgehead atoms. The van der Waals surface area contributed by atoms with Crippen molar-refractivity contribution in [2.24, 2.45) is 5.92 Å². The van der Waals surface area contributed by atoms with Crippen LogP contribution >= 0.6 is 0 Å². The van der Waals surface area contributed by atoms with E-state index in [9.17, 15) is 4.39 Å². The lowest BCUT2D eigenvalue weighted by Gasteiger charge is -2.29. The van der Waals surface area contributed by atoms with E-state index in [1.54, 1.807) is 7.11 Å². The summed E-state index contributed by atoms with van der Waals surface area (Å²) in [4.78, 5) is 2.33. The summed E-state index contributed by atoms with van der Waals surface area (Å²) < 4.78 is 19.0. The lowest BCUT2D eigenvalue weighted by atomic mass is 9.97. The molecule has 0 spiro atoms. The van der Waals surface area contributed by atoms with Crippen LogP contribution in [0.25, 0.3) is 0 Å². The van der Waals surface area contributed by atoms with Crippen LogP contribution in [0, 0.1) is 11.7 Å². The minimum atomic E-state index is -0.173. The van der Waals surface area contributed by atoms with Gasteiger partial charge in [0.1, 0.15) is 11.6 Å². The SMILES string of the molecule is CCN(Cc1ccc(OC)cc1F)CC1CCNCC1. The number of benzene rings is 1. The van der Waals surface area contributed by atoms with Gasteiger partial charge in [-0.1, -0.05) is 13.0 Å². The number of hydrogen-bond donors (Lipinski definition) is 1. The Bertz CT molecular complexity index is 419. The van der Waals surface area contributed by atoms with E-state index in [0.717, 1.165) is 37.7 Å². The van der Waals surface area contributed by atoms with Crippen LogP contribution in [-0.4, -0.2) is 38.2 Å². The van der Waals surface area contributed by atoms with Crippen LogP contribution in [0.2, 0.25) is 0 Å². The van der Waals surface area contributed by atoms with E-state index in [0.29, 0.717) is 12.3 Å². The summed E-state index contributed by atoms with van der Waals surface area (Å²) in [7, 11) is 1.56. The average molecular weight is 280 g/mol. The number of halogens is 1. The zero-order valence-electron chi connectivity index (χ0n) is 12.5. The molecule has 2 rings (SSSR count). The minimum absolute atomic E-state index is 0.173. The van der Waals surface area contributed by atoms with Gasteiger partial charge in [-0.15, -0.1) is 0 Å². The first-order chi connectivity index (χ1) is 9.72. The highest BCUT2D eigenvalue weighted by Crippen LogP contribution is 2.19. The van der Waals surface area contributed by atoms with Crippen molar-refractivity contribution in [2.45, 2.75) is 26.3 Å². The summed E-state index contributed by atoms with van der Waals surface area (Å²) in [6.45, 7) is 7.05. The van der Waals surface area contributed by atoms with Crippen LogP contribution in [0.4, 0.5) is 4.39 Å². The molecule has 0 atom stereocenters. The predicted molar refractivity (Wildman–Crippen MR) is 79.5 cm³/mol. The van der Waals surface area contributed by atoms with Gasteiger partial charge in [-0.05, 0) is 44.5 Å². The molecule has 112 valence electrons. The molecule has 3 nitrogen and oxygen atoms in total. The van der Waals surface area contributed by atoms with Crippen LogP contribution in [0.1, 0.15) is 25.3 Å². The van der Waals surface area contributed by atoms with Gasteiger partial charge in [0.15, 0.2) is 0 Å². The second-order valence-corrected chi connectivity index (χ2v) is 5.48. The fourth-order valence-electron chi connectivity index (χ4n) is 2.76. The van der Waals surface area contributed by atoms with E-state index in [4.69, 9.17) is 4.74 Å². The molecule has 1 aromatic carbocycles. The molecule has 0 amide bonds. The Hall–Kier alpha value is -1.13. The lowest BCUT2D eigenvalue weighted by molar-refractivity contribution is 0.205. The van der Waals surface area contributed by atoms with Crippen LogP contribution in [-0.2, 0) is 6.54 Å². The molecule has 1 N–H and O–H groups in total. The van der Waals surface area contributed by atoms with Crippen LogP contribution in [0.5, 0.6) is 5.75 Å². The molecule has 0 aliphatic carbocycles. The van der Waals surface area contributed by atoms with Crippen molar-refractivity contribution < 1.29 is 9.13 Å². The first kappa shape index (κ1) is 15.3. The Morgan fingerprint density at radius 3 is 2.70 bits per heavy atom. The summed E-state index contributed by atoms with van der Waals surface area (Å²) >= 11 is 0. The third-order valence-corrected chi connectivity index (χ3v) is 4.08. The fraction of sp³-hybridized carbons (Fsp3) is 0.625. The van der Waals surface area contributed by atoms with Crippen LogP contribution in [0.3, 0.4) is 0 Å². The molecule has 0 unspecified atom stereocenters. The van der Waals surface area contributed by atoms with Crippen molar-refractivity contribution in [1.29, 1.82) is 0 Å². The number of nitrogens with one attached hydrogen (secondary N) is 1. The Kier molecular flexibility index (Phi) is 5.80. The van der Waals surface area contributed by atoms with E-state index in [-0.39, 0.29) is 5.82 Å². The standard InChI is InChI=1S/C16H25FN2O/c1-3-19(11-13-6-8-18-9-7-13)12-14-4-5-15(20-2)10-16(14)17/h4-5,10,13,18H,3,6-9,11-12H2,1-2H3. The monoisotopic (exact) mass is 280 g/mol. The zero-order chi connectivity index (χ0) is 14.4. The van der Waals surface area contributed by atoms with Gasteiger partial charge in [0.05, 0.1) is 7.11 Å². The molecule has 1 heterocycles. The maximum Gasteiger partial charge on any atom is 0.131 e. The maximum atomic E-state index is 14.0. The minimum Gasteiger partial charge on any atom is -0.497 e. The normalized spacial score (nSPS) is 16.6. The number of piperidine rings is 1. The highest BCUT2D eigenvalue weighted by atomic mass is 19.1. The lowest BCUT2D eigenvalue weighted by Crippen LogP contribution is -2.36. The van der Waals surface area contributed by atoms with Gasteiger partial charge in [-0.3, -0.25) is 4.90 Å². The Balaban J connectivity index is 1.94. The predicted octanol–water partition coefficient (Wildman–Crippen LogP) is 2.66. The molecular weight excluding hydrogens is 255 g/mol. The number of ether oxygens (including phenoxy) is 1. The molecule has 0 saturated carbocycles. The third-order valence-electron chi connectivity index (χ3n) is 4.08. The van der Waals surface area contributed by atoms with Gasteiger partial charge >= 0.3 is 0 Å². The number of methoxy groups -OCH3 is 1. The van der Waals surface area contributed by atoms with Crippen molar-refractivity contribution in [1.82, 2.24) is 10.2 Å². The first-order valence-electron chi connectivity index (χ1n) is 7.48. The smallest absolute Gasteiger partial charge is 0.131 e. The van der Waals surface area contributed by atoms with Crippen LogP contribution < -0.4 is 10.1 Å². The molecule has 1 fully saturated rings. The quantitative estimate of drug-likeness (QED) is 0.867. The van der Waals surface area contributed by atoms with Gasteiger partial charge in [0, 0.05) is 24.7 Å². The number of nitrogens with zero attached hydrogens (tertiary/aromatic N) is 1. The molecule has 0 aromatic heterocycles. The fourth-order valence-corrected chi connectivity index (χ4v) is 2.76. The second-order valence-electron chi connectivity index (χ2n) is 5.48. The van der Waals surface area contributed by atoms with Gasteiger partial charge in [0.2, 0.25) is 0 Å². The van der Waals surface area contributed by atoms with Gasteiger partial charge in [-0.25, -0.2) is 4.39 Å². The molecule has 1 aliphatic rings. The molecule has 0 radical (unpaired) electrons. The molecule has 1 saturated heterocycles. The van der Waals surface area contributed by atoms with E-state index in [1.165, 1.54) is 18.9 Å². The topological polar surface area (TPSA) is 24.5 Å². The Morgan fingerprint density at radius 1 is 1.35 bits per heavy atom. The van der Waals surface area contributed by atoms with Gasteiger partial charge < -0.3 is 10.1 Å².